The Morgan fingerprint density at radius 2 is 2.48 bits per heavy atom. The first-order chi connectivity index (χ1) is 11.1. The molecule has 3 N–H and O–H groups in total. The molecule has 0 amide bonds. The predicted octanol–water partition coefficient (Wildman–Crippen LogP) is 1.45. The third-order valence-electron chi connectivity index (χ3n) is 3.83. The lowest BCUT2D eigenvalue weighted by Crippen LogP contribution is -2.44. The van der Waals surface area contributed by atoms with E-state index in [1.807, 2.05) is 6.92 Å². The average Bonchev–Trinajstić information content (AvgIpc) is 3.02. The van der Waals surface area contributed by atoms with Crippen molar-refractivity contribution in [3.05, 3.63) is 22.4 Å². The third-order valence-corrected chi connectivity index (χ3v) is 4.80. The maximum absolute atomic E-state index is 6.01. The summed E-state index contributed by atoms with van der Waals surface area (Å²) in [5.41, 5.74) is 6.01. The van der Waals surface area contributed by atoms with Crippen molar-refractivity contribution in [3.8, 4) is 0 Å². The fourth-order valence-electron chi connectivity index (χ4n) is 2.77. The number of ether oxygens (including phenoxy) is 2. The van der Waals surface area contributed by atoms with Gasteiger partial charge >= 0.3 is 0 Å². The zero-order valence-corrected chi connectivity index (χ0v) is 15.0. The monoisotopic (exact) mass is 340 g/mol. The molecule has 0 radical (unpaired) electrons. The maximum Gasteiger partial charge on any atom is 0.188 e. The number of hydrogen-bond donors (Lipinski definition) is 2. The van der Waals surface area contributed by atoms with Gasteiger partial charge in [-0.15, -0.1) is 11.3 Å². The van der Waals surface area contributed by atoms with Crippen molar-refractivity contribution in [2.45, 2.75) is 32.0 Å². The van der Waals surface area contributed by atoms with Crippen LogP contribution in [0.4, 0.5) is 0 Å². The molecular formula is C16H28N4O2S. The molecule has 1 aromatic rings. The van der Waals surface area contributed by atoms with Gasteiger partial charge in [0.2, 0.25) is 0 Å². The van der Waals surface area contributed by atoms with Crippen LogP contribution in [0.1, 0.15) is 24.8 Å². The molecule has 3 unspecified atom stereocenters. The maximum atomic E-state index is 6.01. The second kappa shape index (κ2) is 9.22. The zero-order valence-electron chi connectivity index (χ0n) is 14.2. The number of nitrogens with two attached hydrogens (primary N) is 1. The van der Waals surface area contributed by atoms with Gasteiger partial charge in [-0.2, -0.15) is 0 Å². The highest BCUT2D eigenvalue weighted by atomic mass is 32.1. The number of aliphatic imine (C=N–C) groups is 1. The molecule has 1 aliphatic heterocycles. The van der Waals surface area contributed by atoms with Crippen molar-refractivity contribution in [2.24, 2.45) is 10.7 Å². The molecule has 1 saturated heterocycles. The van der Waals surface area contributed by atoms with Crippen LogP contribution in [0, 0.1) is 0 Å². The first kappa shape index (κ1) is 18.2. The molecule has 0 aromatic carbocycles. The minimum absolute atomic E-state index is 0.146. The summed E-state index contributed by atoms with van der Waals surface area (Å²) in [6.45, 7) is 8.00. The Balaban J connectivity index is 2.00. The number of nitrogens with zero attached hydrogens (tertiary/aromatic N) is 2. The second-order valence-corrected chi connectivity index (χ2v) is 6.91. The van der Waals surface area contributed by atoms with E-state index in [0.29, 0.717) is 19.1 Å². The number of hydrogen-bond acceptors (Lipinski definition) is 5. The van der Waals surface area contributed by atoms with Crippen LogP contribution in [0.2, 0.25) is 0 Å². The van der Waals surface area contributed by atoms with Crippen LogP contribution >= 0.6 is 11.3 Å². The molecule has 6 nitrogen and oxygen atoms in total. The zero-order chi connectivity index (χ0) is 16.7. The molecule has 3 atom stereocenters. The highest BCUT2D eigenvalue weighted by Gasteiger charge is 2.26. The molecule has 1 aromatic heterocycles. The Kier molecular flexibility index (Phi) is 7.29. The van der Waals surface area contributed by atoms with E-state index in [1.165, 1.54) is 4.88 Å². The molecule has 0 spiro atoms. The molecule has 2 heterocycles. The molecule has 1 aliphatic rings. The highest BCUT2D eigenvalue weighted by Crippen LogP contribution is 2.27. The van der Waals surface area contributed by atoms with E-state index in [0.717, 1.165) is 19.7 Å². The summed E-state index contributed by atoms with van der Waals surface area (Å²) in [5.74, 6) is 0.470. The van der Waals surface area contributed by atoms with Crippen LogP contribution in [0.15, 0.2) is 22.5 Å². The van der Waals surface area contributed by atoms with Crippen molar-refractivity contribution < 1.29 is 9.47 Å². The minimum Gasteiger partial charge on any atom is -0.383 e. The van der Waals surface area contributed by atoms with E-state index in [2.05, 4.69) is 39.6 Å². The smallest absolute Gasteiger partial charge is 0.188 e. The van der Waals surface area contributed by atoms with Crippen molar-refractivity contribution >= 4 is 17.3 Å². The van der Waals surface area contributed by atoms with Gasteiger partial charge in [0.25, 0.3) is 0 Å². The molecule has 0 aliphatic carbocycles. The molecule has 1 fully saturated rings. The van der Waals surface area contributed by atoms with Crippen molar-refractivity contribution in [3.63, 3.8) is 0 Å². The molecule has 2 rings (SSSR count). The van der Waals surface area contributed by atoms with E-state index in [9.17, 15) is 0 Å². The number of thiophene rings is 1. The summed E-state index contributed by atoms with van der Waals surface area (Å²) in [7, 11) is 1.68. The number of rotatable bonds is 7. The van der Waals surface area contributed by atoms with Gasteiger partial charge in [0.1, 0.15) is 0 Å². The molecule has 0 bridgehead atoms. The second-order valence-electron chi connectivity index (χ2n) is 5.93. The lowest BCUT2D eigenvalue weighted by atomic mass is 10.1. The van der Waals surface area contributed by atoms with E-state index < -0.39 is 0 Å². The van der Waals surface area contributed by atoms with Gasteiger partial charge in [0.15, 0.2) is 5.96 Å². The lowest BCUT2D eigenvalue weighted by molar-refractivity contribution is -0.0327. The number of morpholine rings is 1. The predicted molar refractivity (Wildman–Crippen MR) is 95.0 cm³/mol. The summed E-state index contributed by atoms with van der Waals surface area (Å²) in [5, 5.41) is 5.27. The SMILES string of the molecule is COCC(C)NC(N)=NCC(c1cccs1)N1CCOC(C)C1. The van der Waals surface area contributed by atoms with Gasteiger partial charge in [-0.1, -0.05) is 6.07 Å². The van der Waals surface area contributed by atoms with Gasteiger partial charge in [0, 0.05) is 31.1 Å². The molecule has 7 heteroatoms. The Morgan fingerprint density at radius 1 is 1.65 bits per heavy atom. The largest absolute Gasteiger partial charge is 0.383 e. The van der Waals surface area contributed by atoms with Crippen LogP contribution in [0.5, 0.6) is 0 Å². The van der Waals surface area contributed by atoms with Crippen molar-refractivity contribution in [1.29, 1.82) is 0 Å². The molecule has 23 heavy (non-hydrogen) atoms. The Labute approximate surface area is 142 Å². The van der Waals surface area contributed by atoms with Crippen LogP contribution < -0.4 is 11.1 Å². The number of methoxy groups -OCH3 is 1. The van der Waals surface area contributed by atoms with Gasteiger partial charge in [-0.25, -0.2) is 0 Å². The van der Waals surface area contributed by atoms with E-state index in [-0.39, 0.29) is 18.2 Å². The Hall–Kier alpha value is -1.15. The van der Waals surface area contributed by atoms with Crippen molar-refractivity contribution in [2.75, 3.05) is 40.0 Å². The quantitative estimate of drug-likeness (QED) is 0.581. The summed E-state index contributed by atoms with van der Waals surface area (Å²) in [6, 6.07) is 4.65. The van der Waals surface area contributed by atoms with E-state index in [1.54, 1.807) is 18.4 Å². The van der Waals surface area contributed by atoms with Crippen molar-refractivity contribution in [1.82, 2.24) is 10.2 Å². The molecular weight excluding hydrogens is 312 g/mol. The summed E-state index contributed by atoms with van der Waals surface area (Å²) in [4.78, 5) is 8.31. The van der Waals surface area contributed by atoms with Gasteiger partial charge < -0.3 is 20.5 Å². The lowest BCUT2D eigenvalue weighted by Gasteiger charge is -2.36. The first-order valence-corrected chi connectivity index (χ1v) is 8.92. The van der Waals surface area contributed by atoms with Crippen LogP contribution in [-0.2, 0) is 9.47 Å². The third kappa shape index (κ3) is 5.76. The number of nitrogens with one attached hydrogen (secondary N) is 1. The van der Waals surface area contributed by atoms with Crippen LogP contribution in [0.25, 0.3) is 0 Å². The standard InChI is InChI=1S/C16H28N4O2S/c1-12(11-21-3)19-16(17)18-9-14(15-5-4-8-23-15)20-6-7-22-13(2)10-20/h4-5,8,12-14H,6-7,9-11H2,1-3H3,(H3,17,18,19). The summed E-state index contributed by atoms with van der Waals surface area (Å²) < 4.78 is 10.8. The summed E-state index contributed by atoms with van der Waals surface area (Å²) in [6.07, 6.45) is 0.257. The molecule has 130 valence electrons. The van der Waals surface area contributed by atoms with Gasteiger partial charge in [-0.3, -0.25) is 9.89 Å². The van der Waals surface area contributed by atoms with Crippen LogP contribution in [-0.4, -0.2) is 63.0 Å². The summed E-state index contributed by atoms with van der Waals surface area (Å²) >= 11 is 1.77. The van der Waals surface area contributed by atoms with E-state index in [4.69, 9.17) is 15.2 Å². The van der Waals surface area contributed by atoms with Crippen LogP contribution in [0.3, 0.4) is 0 Å². The van der Waals surface area contributed by atoms with Gasteiger partial charge in [0.05, 0.1) is 31.9 Å². The van der Waals surface area contributed by atoms with E-state index >= 15 is 0 Å². The fraction of sp³-hybridized carbons (Fsp3) is 0.688. The average molecular weight is 340 g/mol. The normalized spacial score (nSPS) is 22.7. The minimum atomic E-state index is 0.146. The fourth-order valence-corrected chi connectivity index (χ4v) is 3.62. The highest BCUT2D eigenvalue weighted by molar-refractivity contribution is 7.10. The van der Waals surface area contributed by atoms with Gasteiger partial charge in [-0.05, 0) is 25.3 Å². The molecule has 0 saturated carbocycles. The Morgan fingerprint density at radius 3 is 3.13 bits per heavy atom. The topological polar surface area (TPSA) is 72.1 Å². The number of guanidine groups is 1. The first-order valence-electron chi connectivity index (χ1n) is 8.04. The Bertz CT molecular complexity index is 480.